The third-order valence-electron chi connectivity index (χ3n) is 3.04. The molecule has 0 bridgehead atoms. The van der Waals surface area contributed by atoms with E-state index in [4.69, 9.17) is 16.7 Å². The van der Waals surface area contributed by atoms with E-state index in [0.717, 1.165) is 5.56 Å². The van der Waals surface area contributed by atoms with E-state index in [1.807, 2.05) is 0 Å². The molecule has 2 rings (SSSR count). The number of carbonyl (C=O) groups is 2. The number of aryl methyl sites for hydroxylation is 1. The second-order valence-corrected chi connectivity index (χ2v) is 5.08. The molecule has 114 valence electrons. The number of nitrogens with one attached hydrogen (secondary N) is 1. The molecule has 0 aliphatic carbocycles. The smallest absolute Gasteiger partial charge is 0.335 e. The van der Waals surface area contributed by atoms with Gasteiger partial charge in [0, 0.05) is 6.42 Å². The number of amides is 1. The quantitative estimate of drug-likeness (QED) is 0.881. The average Bonchev–Trinajstić information content (AvgIpc) is 2.48. The number of benzene rings is 2. The Morgan fingerprint density at radius 1 is 1.14 bits per heavy atom. The number of hydrogen-bond acceptors (Lipinski definition) is 2. The lowest BCUT2D eigenvalue weighted by molar-refractivity contribution is -0.116. The molecule has 0 heterocycles. The number of anilines is 1. The van der Waals surface area contributed by atoms with Crippen molar-refractivity contribution in [3.63, 3.8) is 0 Å². The van der Waals surface area contributed by atoms with Crippen LogP contribution in [0.4, 0.5) is 10.1 Å². The Bertz CT molecular complexity index is 701. The van der Waals surface area contributed by atoms with Crippen LogP contribution in [0.3, 0.4) is 0 Å². The van der Waals surface area contributed by atoms with E-state index in [1.165, 1.54) is 30.3 Å². The van der Waals surface area contributed by atoms with Gasteiger partial charge in [0.05, 0.1) is 16.3 Å². The molecule has 0 atom stereocenters. The van der Waals surface area contributed by atoms with Gasteiger partial charge >= 0.3 is 5.97 Å². The van der Waals surface area contributed by atoms with Gasteiger partial charge in [-0.25, -0.2) is 9.18 Å². The lowest BCUT2D eigenvalue weighted by atomic mass is 10.1. The number of carbonyl (C=O) groups excluding carboxylic acids is 1. The molecule has 0 aromatic heterocycles. The molecule has 0 saturated carbocycles. The van der Waals surface area contributed by atoms with Gasteiger partial charge in [0.2, 0.25) is 5.91 Å². The SMILES string of the molecule is O=C(CCc1ccc(F)cc1)Nc1cc(C(=O)O)ccc1Cl. The summed E-state index contributed by atoms with van der Waals surface area (Å²) in [6, 6.07) is 9.97. The number of carboxylic acid groups (broad SMARTS) is 1. The highest BCUT2D eigenvalue weighted by molar-refractivity contribution is 6.33. The summed E-state index contributed by atoms with van der Waals surface area (Å²) in [4.78, 5) is 22.8. The molecule has 0 unspecified atom stereocenters. The molecule has 0 aliphatic rings. The van der Waals surface area contributed by atoms with Gasteiger partial charge in [0.1, 0.15) is 5.82 Å². The zero-order chi connectivity index (χ0) is 16.1. The monoisotopic (exact) mass is 321 g/mol. The molecule has 6 heteroatoms. The molecular formula is C16H13ClFNO3. The molecule has 4 nitrogen and oxygen atoms in total. The number of halogens is 2. The number of carboxylic acids is 1. The van der Waals surface area contributed by atoms with Crippen LogP contribution >= 0.6 is 11.6 Å². The molecule has 22 heavy (non-hydrogen) atoms. The van der Waals surface area contributed by atoms with Gasteiger partial charge in [-0.2, -0.15) is 0 Å². The second kappa shape index (κ2) is 7.04. The Morgan fingerprint density at radius 3 is 2.45 bits per heavy atom. The van der Waals surface area contributed by atoms with E-state index in [0.29, 0.717) is 6.42 Å². The summed E-state index contributed by atoms with van der Waals surface area (Å²) in [6.07, 6.45) is 0.627. The Hall–Kier alpha value is -2.40. The van der Waals surface area contributed by atoms with E-state index < -0.39 is 5.97 Å². The van der Waals surface area contributed by atoms with Gasteiger partial charge in [0.15, 0.2) is 0 Å². The van der Waals surface area contributed by atoms with Crippen LogP contribution in [-0.4, -0.2) is 17.0 Å². The molecule has 2 aromatic rings. The molecule has 0 aliphatic heterocycles. The zero-order valence-corrected chi connectivity index (χ0v) is 12.2. The molecule has 0 saturated heterocycles. The third kappa shape index (κ3) is 4.30. The minimum atomic E-state index is -1.10. The standard InChI is InChI=1S/C16H13ClFNO3/c17-13-7-4-11(16(21)22)9-14(13)19-15(20)8-3-10-1-5-12(18)6-2-10/h1-2,4-7,9H,3,8H2,(H,19,20)(H,21,22). The summed E-state index contributed by atoms with van der Waals surface area (Å²) < 4.78 is 12.8. The fourth-order valence-corrected chi connectivity index (χ4v) is 2.04. The van der Waals surface area contributed by atoms with Crippen molar-refractivity contribution in [2.45, 2.75) is 12.8 Å². The van der Waals surface area contributed by atoms with Gasteiger partial charge in [-0.3, -0.25) is 4.79 Å². The topological polar surface area (TPSA) is 66.4 Å². The molecule has 2 aromatic carbocycles. The summed E-state index contributed by atoms with van der Waals surface area (Å²) in [5.41, 5.74) is 1.13. The minimum Gasteiger partial charge on any atom is -0.478 e. The molecule has 0 spiro atoms. The molecular weight excluding hydrogens is 309 g/mol. The maximum atomic E-state index is 12.8. The first-order chi connectivity index (χ1) is 10.5. The van der Waals surface area contributed by atoms with E-state index >= 15 is 0 Å². The zero-order valence-electron chi connectivity index (χ0n) is 11.5. The molecule has 0 radical (unpaired) electrons. The maximum absolute atomic E-state index is 12.8. The van der Waals surface area contributed by atoms with Gasteiger partial charge in [-0.05, 0) is 42.3 Å². The van der Waals surface area contributed by atoms with Crippen LogP contribution in [0.1, 0.15) is 22.3 Å². The average molecular weight is 322 g/mol. The lowest BCUT2D eigenvalue weighted by Crippen LogP contribution is -2.13. The van der Waals surface area contributed by atoms with Crippen LogP contribution in [0.2, 0.25) is 5.02 Å². The van der Waals surface area contributed by atoms with Crippen molar-refractivity contribution in [2.75, 3.05) is 5.32 Å². The summed E-state index contributed by atoms with van der Waals surface area (Å²) in [5, 5.41) is 11.8. The van der Waals surface area contributed by atoms with Crippen LogP contribution in [0.15, 0.2) is 42.5 Å². The van der Waals surface area contributed by atoms with Crippen LogP contribution in [0.25, 0.3) is 0 Å². The first-order valence-corrected chi connectivity index (χ1v) is 6.90. The summed E-state index contributed by atoms with van der Waals surface area (Å²) in [7, 11) is 0. The fourth-order valence-electron chi connectivity index (χ4n) is 1.88. The molecule has 0 fully saturated rings. The van der Waals surface area contributed by atoms with Gasteiger partial charge < -0.3 is 10.4 Å². The largest absolute Gasteiger partial charge is 0.478 e. The van der Waals surface area contributed by atoms with Gasteiger partial charge in [0.25, 0.3) is 0 Å². The normalized spacial score (nSPS) is 10.3. The Labute approximate surface area is 131 Å². The first kappa shape index (κ1) is 16.0. The maximum Gasteiger partial charge on any atom is 0.335 e. The Morgan fingerprint density at radius 2 is 1.82 bits per heavy atom. The number of rotatable bonds is 5. The summed E-state index contributed by atoms with van der Waals surface area (Å²) in [6.45, 7) is 0. The highest BCUT2D eigenvalue weighted by Gasteiger charge is 2.10. The minimum absolute atomic E-state index is 0.0400. The van der Waals surface area contributed by atoms with Crippen LogP contribution < -0.4 is 5.32 Å². The first-order valence-electron chi connectivity index (χ1n) is 6.53. The predicted molar refractivity (Wildman–Crippen MR) is 81.8 cm³/mol. The van der Waals surface area contributed by atoms with Crippen molar-refractivity contribution >= 4 is 29.2 Å². The number of aromatic carboxylic acids is 1. The second-order valence-electron chi connectivity index (χ2n) is 4.67. The summed E-state index contributed by atoms with van der Waals surface area (Å²) in [5.74, 6) is -1.72. The Balaban J connectivity index is 1.98. The summed E-state index contributed by atoms with van der Waals surface area (Å²) >= 11 is 5.93. The third-order valence-corrected chi connectivity index (χ3v) is 3.37. The van der Waals surface area contributed by atoms with E-state index in [1.54, 1.807) is 12.1 Å². The number of hydrogen-bond donors (Lipinski definition) is 2. The van der Waals surface area contributed by atoms with Crippen LogP contribution in [0.5, 0.6) is 0 Å². The van der Waals surface area contributed by atoms with Crippen LogP contribution in [0, 0.1) is 5.82 Å². The Kier molecular flexibility index (Phi) is 5.12. The van der Waals surface area contributed by atoms with Crippen molar-refractivity contribution in [1.82, 2.24) is 0 Å². The van der Waals surface area contributed by atoms with Crippen molar-refractivity contribution in [3.8, 4) is 0 Å². The van der Waals surface area contributed by atoms with Gasteiger partial charge in [-0.15, -0.1) is 0 Å². The van der Waals surface area contributed by atoms with Crippen molar-refractivity contribution < 1.29 is 19.1 Å². The van der Waals surface area contributed by atoms with E-state index in [2.05, 4.69) is 5.32 Å². The van der Waals surface area contributed by atoms with E-state index in [-0.39, 0.29) is 34.4 Å². The lowest BCUT2D eigenvalue weighted by Gasteiger charge is -2.08. The van der Waals surface area contributed by atoms with Crippen molar-refractivity contribution in [3.05, 3.63) is 64.4 Å². The predicted octanol–water partition coefficient (Wildman–Crippen LogP) is 3.75. The van der Waals surface area contributed by atoms with Crippen LogP contribution in [-0.2, 0) is 11.2 Å². The van der Waals surface area contributed by atoms with Crippen molar-refractivity contribution in [1.29, 1.82) is 0 Å². The van der Waals surface area contributed by atoms with Gasteiger partial charge in [-0.1, -0.05) is 23.7 Å². The fraction of sp³-hybridized carbons (Fsp3) is 0.125. The highest BCUT2D eigenvalue weighted by Crippen LogP contribution is 2.23. The van der Waals surface area contributed by atoms with Crippen molar-refractivity contribution in [2.24, 2.45) is 0 Å². The molecule has 1 amide bonds. The van der Waals surface area contributed by atoms with E-state index in [9.17, 15) is 14.0 Å². The highest BCUT2D eigenvalue weighted by atomic mass is 35.5. The molecule has 2 N–H and O–H groups in total.